The van der Waals surface area contributed by atoms with Crippen LogP contribution < -0.4 is 5.73 Å². The predicted molar refractivity (Wildman–Crippen MR) is 47.6 cm³/mol. The van der Waals surface area contributed by atoms with Gasteiger partial charge in [-0.3, -0.25) is 4.79 Å². The molecule has 1 unspecified atom stereocenters. The standard InChI is InChI=1S/C6H15NO.C2H4O2/c1-5(2,3)6(4,7)8;1-2(3)4/h8H,7H2,1-4H3;1H3,(H,3,4). The fraction of sp³-hybridized carbons (Fsp3) is 0.875. The van der Waals surface area contributed by atoms with Gasteiger partial charge in [0, 0.05) is 12.3 Å². The molecule has 0 saturated carbocycles. The lowest BCUT2D eigenvalue weighted by molar-refractivity contribution is -0.134. The van der Waals surface area contributed by atoms with Crippen molar-refractivity contribution in [1.29, 1.82) is 0 Å². The van der Waals surface area contributed by atoms with Gasteiger partial charge in [-0.05, 0) is 6.92 Å². The third kappa shape index (κ3) is 9.39. The molecule has 0 spiro atoms. The summed E-state index contributed by atoms with van der Waals surface area (Å²) >= 11 is 0. The van der Waals surface area contributed by atoms with Gasteiger partial charge in [0.15, 0.2) is 0 Å². The van der Waals surface area contributed by atoms with Crippen molar-refractivity contribution < 1.29 is 15.0 Å². The maximum absolute atomic E-state index is 9.13. The van der Waals surface area contributed by atoms with Gasteiger partial charge < -0.3 is 15.9 Å². The Kier molecular flexibility index (Phi) is 5.14. The van der Waals surface area contributed by atoms with Crippen LogP contribution in [0.1, 0.15) is 34.6 Å². The first-order valence-corrected chi connectivity index (χ1v) is 3.69. The number of nitrogens with two attached hydrogens (primary N) is 1. The smallest absolute Gasteiger partial charge is 0.300 e. The molecule has 4 heteroatoms. The molecule has 0 aliphatic rings. The molecule has 4 N–H and O–H groups in total. The lowest BCUT2D eigenvalue weighted by atomic mass is 9.85. The largest absolute Gasteiger partial charge is 0.481 e. The van der Waals surface area contributed by atoms with Crippen LogP contribution in [0, 0.1) is 5.41 Å². The van der Waals surface area contributed by atoms with Gasteiger partial charge >= 0.3 is 0 Å². The van der Waals surface area contributed by atoms with Gasteiger partial charge in [0.1, 0.15) is 5.72 Å². The van der Waals surface area contributed by atoms with E-state index in [2.05, 4.69) is 0 Å². The second-order valence-electron chi connectivity index (χ2n) is 3.92. The quantitative estimate of drug-likeness (QED) is 0.478. The average molecular weight is 177 g/mol. The van der Waals surface area contributed by atoms with Crippen LogP contribution in [0.25, 0.3) is 0 Å². The Labute approximate surface area is 73.4 Å². The van der Waals surface area contributed by atoms with E-state index in [9.17, 15) is 0 Å². The number of hydrogen-bond donors (Lipinski definition) is 3. The Hall–Kier alpha value is -0.610. The van der Waals surface area contributed by atoms with Crippen molar-refractivity contribution in [2.45, 2.75) is 40.3 Å². The number of carboxylic acid groups (broad SMARTS) is 1. The first-order chi connectivity index (χ1) is 4.98. The first-order valence-electron chi connectivity index (χ1n) is 3.69. The minimum Gasteiger partial charge on any atom is -0.481 e. The summed E-state index contributed by atoms with van der Waals surface area (Å²) in [5.41, 5.74) is 4.08. The minimum absolute atomic E-state index is 0.229. The zero-order valence-electron chi connectivity index (χ0n) is 8.38. The van der Waals surface area contributed by atoms with E-state index >= 15 is 0 Å². The van der Waals surface area contributed by atoms with Crippen molar-refractivity contribution in [3.63, 3.8) is 0 Å². The second kappa shape index (κ2) is 4.42. The summed E-state index contributed by atoms with van der Waals surface area (Å²) in [6.45, 7) is 8.38. The Balaban J connectivity index is 0. The molecule has 0 bridgehead atoms. The van der Waals surface area contributed by atoms with Crippen LogP contribution in [-0.4, -0.2) is 21.9 Å². The molecule has 12 heavy (non-hydrogen) atoms. The zero-order chi connectivity index (χ0) is 10.6. The molecule has 0 rings (SSSR count). The molecule has 0 aromatic heterocycles. The molecular formula is C8H19NO3. The molecule has 74 valence electrons. The molecule has 0 aliphatic heterocycles. The number of aliphatic carboxylic acids is 1. The normalized spacial score (nSPS) is 15.6. The van der Waals surface area contributed by atoms with Gasteiger partial charge in [-0.1, -0.05) is 20.8 Å². The minimum atomic E-state index is -1.06. The fourth-order valence-corrected chi connectivity index (χ4v) is 0. The van der Waals surface area contributed by atoms with Crippen molar-refractivity contribution in [3.05, 3.63) is 0 Å². The van der Waals surface area contributed by atoms with Crippen LogP contribution in [0.2, 0.25) is 0 Å². The predicted octanol–water partition coefficient (Wildman–Crippen LogP) is 0.791. The van der Waals surface area contributed by atoms with E-state index in [4.69, 9.17) is 20.7 Å². The number of carbonyl (C=O) groups is 1. The summed E-state index contributed by atoms with van der Waals surface area (Å²) in [5.74, 6) is -0.833. The fourth-order valence-electron chi connectivity index (χ4n) is 0. The molecule has 0 heterocycles. The molecule has 4 nitrogen and oxygen atoms in total. The number of carboxylic acids is 1. The van der Waals surface area contributed by atoms with E-state index in [1.165, 1.54) is 0 Å². The summed E-state index contributed by atoms with van der Waals surface area (Å²) in [5, 5.41) is 16.5. The van der Waals surface area contributed by atoms with Crippen molar-refractivity contribution in [3.8, 4) is 0 Å². The second-order valence-corrected chi connectivity index (χ2v) is 3.92. The van der Waals surface area contributed by atoms with Crippen molar-refractivity contribution in [1.82, 2.24) is 0 Å². The molecule has 0 amide bonds. The van der Waals surface area contributed by atoms with Gasteiger partial charge in [-0.25, -0.2) is 0 Å². The Morgan fingerprint density at radius 1 is 1.25 bits per heavy atom. The van der Waals surface area contributed by atoms with Crippen LogP contribution in [-0.2, 0) is 4.79 Å². The van der Waals surface area contributed by atoms with E-state index in [-0.39, 0.29) is 5.41 Å². The molecule has 1 atom stereocenters. The lowest BCUT2D eigenvalue weighted by Gasteiger charge is -2.32. The number of rotatable bonds is 0. The lowest BCUT2D eigenvalue weighted by Crippen LogP contribution is -2.48. The van der Waals surface area contributed by atoms with Gasteiger partial charge in [0.25, 0.3) is 5.97 Å². The SMILES string of the molecule is CC(=O)O.CC(C)(C)C(C)(N)O. The van der Waals surface area contributed by atoms with E-state index in [1.54, 1.807) is 6.92 Å². The molecule has 0 radical (unpaired) electrons. The third-order valence-electron chi connectivity index (χ3n) is 1.52. The van der Waals surface area contributed by atoms with Crippen LogP contribution in [0.4, 0.5) is 0 Å². The zero-order valence-corrected chi connectivity index (χ0v) is 8.38. The van der Waals surface area contributed by atoms with Gasteiger partial charge in [-0.2, -0.15) is 0 Å². The van der Waals surface area contributed by atoms with Gasteiger partial charge in [-0.15, -0.1) is 0 Å². The average Bonchev–Trinajstić information content (AvgIpc) is 1.55. The molecular weight excluding hydrogens is 158 g/mol. The molecule has 0 aliphatic carbocycles. The molecule has 0 aromatic carbocycles. The Morgan fingerprint density at radius 3 is 1.33 bits per heavy atom. The highest BCUT2D eigenvalue weighted by Crippen LogP contribution is 2.24. The highest BCUT2D eigenvalue weighted by atomic mass is 16.4. The molecule has 0 aromatic rings. The van der Waals surface area contributed by atoms with Crippen molar-refractivity contribution in [2.75, 3.05) is 0 Å². The van der Waals surface area contributed by atoms with Crippen LogP contribution in [0.3, 0.4) is 0 Å². The van der Waals surface area contributed by atoms with Crippen LogP contribution in [0.5, 0.6) is 0 Å². The molecule has 0 saturated heterocycles. The Morgan fingerprint density at radius 2 is 1.33 bits per heavy atom. The number of aliphatic hydroxyl groups is 1. The monoisotopic (exact) mass is 177 g/mol. The van der Waals surface area contributed by atoms with E-state index in [0.29, 0.717) is 0 Å². The highest BCUT2D eigenvalue weighted by molar-refractivity contribution is 5.62. The summed E-state index contributed by atoms with van der Waals surface area (Å²) in [4.78, 5) is 9.00. The van der Waals surface area contributed by atoms with E-state index < -0.39 is 11.7 Å². The molecule has 0 fully saturated rings. The topological polar surface area (TPSA) is 83.5 Å². The first kappa shape index (κ1) is 13.9. The Bertz CT molecular complexity index is 125. The third-order valence-corrected chi connectivity index (χ3v) is 1.52. The van der Waals surface area contributed by atoms with Crippen LogP contribution in [0.15, 0.2) is 0 Å². The van der Waals surface area contributed by atoms with E-state index in [1.807, 2.05) is 20.8 Å². The summed E-state index contributed by atoms with van der Waals surface area (Å²) < 4.78 is 0. The van der Waals surface area contributed by atoms with Crippen molar-refractivity contribution in [2.24, 2.45) is 11.1 Å². The summed E-state index contributed by atoms with van der Waals surface area (Å²) in [6, 6.07) is 0. The van der Waals surface area contributed by atoms with Gasteiger partial charge in [0.05, 0.1) is 0 Å². The van der Waals surface area contributed by atoms with Gasteiger partial charge in [0.2, 0.25) is 0 Å². The summed E-state index contributed by atoms with van der Waals surface area (Å²) in [6.07, 6.45) is 0. The summed E-state index contributed by atoms with van der Waals surface area (Å²) in [7, 11) is 0. The maximum atomic E-state index is 9.13. The van der Waals surface area contributed by atoms with E-state index in [0.717, 1.165) is 6.92 Å². The maximum Gasteiger partial charge on any atom is 0.300 e. The van der Waals surface area contributed by atoms with Crippen molar-refractivity contribution >= 4 is 5.97 Å². The highest BCUT2D eigenvalue weighted by Gasteiger charge is 2.30. The van der Waals surface area contributed by atoms with Crippen LogP contribution >= 0.6 is 0 Å². The number of hydrogen-bond acceptors (Lipinski definition) is 3.